The number of hydrogen-bond acceptors (Lipinski definition) is 4. The van der Waals surface area contributed by atoms with Crippen molar-refractivity contribution in [1.82, 2.24) is 4.98 Å². The van der Waals surface area contributed by atoms with E-state index in [9.17, 15) is 9.59 Å². The smallest absolute Gasteiger partial charge is 0.419 e. The van der Waals surface area contributed by atoms with Crippen molar-refractivity contribution >= 4 is 10.9 Å². The molecule has 1 aromatic heterocycles. The van der Waals surface area contributed by atoms with Gasteiger partial charge in [-0.3, -0.25) is 4.98 Å². The van der Waals surface area contributed by atoms with E-state index < -0.39 is 11.4 Å². The largest absolute Gasteiger partial charge is 0.496 e. The van der Waals surface area contributed by atoms with Gasteiger partial charge in [0.1, 0.15) is 11.1 Å². The van der Waals surface area contributed by atoms with Gasteiger partial charge < -0.3 is 9.15 Å². The Bertz CT molecular complexity index is 623. The summed E-state index contributed by atoms with van der Waals surface area (Å²) in [6.45, 7) is 1.79. The van der Waals surface area contributed by atoms with Gasteiger partial charge in [0.15, 0.2) is 0 Å². The fraction of sp³-hybridized carbons (Fsp3) is 0.200. The lowest BCUT2D eigenvalue weighted by Gasteiger charge is -2.04. The number of nitrogens with one attached hydrogen (secondary N) is 1. The maximum absolute atomic E-state index is 11.5. The Labute approximate surface area is 84.3 Å². The lowest BCUT2D eigenvalue weighted by atomic mass is 10.1. The normalized spacial score (nSPS) is 10.5. The van der Waals surface area contributed by atoms with E-state index in [-0.39, 0.29) is 5.39 Å². The second-order valence-corrected chi connectivity index (χ2v) is 3.14. The van der Waals surface area contributed by atoms with E-state index >= 15 is 0 Å². The molecule has 0 aliphatic carbocycles. The van der Waals surface area contributed by atoms with Crippen molar-refractivity contribution in [2.45, 2.75) is 6.92 Å². The Morgan fingerprint density at radius 1 is 1.33 bits per heavy atom. The first kappa shape index (κ1) is 9.51. The fourth-order valence-electron chi connectivity index (χ4n) is 1.48. The van der Waals surface area contributed by atoms with Crippen LogP contribution in [0, 0.1) is 6.92 Å². The van der Waals surface area contributed by atoms with Crippen molar-refractivity contribution in [2.24, 2.45) is 0 Å². The molecule has 2 rings (SSSR count). The number of hydrogen-bond donors (Lipinski definition) is 1. The number of H-pyrrole nitrogens is 1. The molecule has 0 aliphatic rings. The summed E-state index contributed by atoms with van der Waals surface area (Å²) in [5.41, 5.74) is 0.556. The van der Waals surface area contributed by atoms with Crippen LogP contribution in [0.4, 0.5) is 0 Å². The minimum atomic E-state index is -0.760. The average Bonchev–Trinajstić information content (AvgIpc) is 2.19. The molecular formula is C10H9NO4. The van der Waals surface area contributed by atoms with E-state index in [1.165, 1.54) is 7.11 Å². The van der Waals surface area contributed by atoms with Crippen LogP contribution < -0.4 is 16.1 Å². The average molecular weight is 207 g/mol. The predicted octanol–water partition coefficient (Wildman–Crippen LogP) is 0.798. The van der Waals surface area contributed by atoms with Gasteiger partial charge in [0.05, 0.1) is 12.6 Å². The molecule has 0 unspecified atom stereocenters. The van der Waals surface area contributed by atoms with Crippen LogP contribution in [0.2, 0.25) is 0 Å². The number of aryl methyl sites for hydroxylation is 1. The third-order valence-corrected chi connectivity index (χ3v) is 2.21. The first-order valence-corrected chi connectivity index (χ1v) is 4.34. The number of methoxy groups -OCH3 is 1. The monoisotopic (exact) mass is 207 g/mol. The molecule has 0 saturated carbocycles. The topological polar surface area (TPSA) is 72.3 Å². The molecule has 0 saturated heterocycles. The summed E-state index contributed by atoms with van der Waals surface area (Å²) in [5, 5.41) is 0.261. The molecule has 78 valence electrons. The first-order chi connectivity index (χ1) is 7.13. The molecule has 0 aliphatic heterocycles. The van der Waals surface area contributed by atoms with E-state index in [1.807, 2.05) is 0 Å². The molecule has 0 bridgehead atoms. The van der Waals surface area contributed by atoms with Gasteiger partial charge in [-0.05, 0) is 18.6 Å². The molecular weight excluding hydrogens is 198 g/mol. The lowest BCUT2D eigenvalue weighted by Crippen LogP contribution is -2.15. The predicted molar refractivity (Wildman–Crippen MR) is 54.4 cm³/mol. The van der Waals surface area contributed by atoms with Gasteiger partial charge in [0, 0.05) is 0 Å². The SMILES string of the molecule is COc1ccc(C)c2[nH]c(=O)oc(=O)c12. The summed E-state index contributed by atoms with van der Waals surface area (Å²) in [6, 6.07) is 3.42. The van der Waals surface area contributed by atoms with E-state index in [1.54, 1.807) is 19.1 Å². The number of aromatic amines is 1. The fourth-order valence-corrected chi connectivity index (χ4v) is 1.48. The number of aromatic nitrogens is 1. The minimum absolute atomic E-state index is 0.261. The third-order valence-electron chi connectivity index (χ3n) is 2.21. The molecule has 15 heavy (non-hydrogen) atoms. The van der Waals surface area contributed by atoms with Crippen molar-refractivity contribution in [3.63, 3.8) is 0 Å². The van der Waals surface area contributed by atoms with Crippen LogP contribution in [0.3, 0.4) is 0 Å². The highest BCUT2D eigenvalue weighted by Crippen LogP contribution is 2.22. The zero-order valence-electron chi connectivity index (χ0n) is 8.29. The van der Waals surface area contributed by atoms with Gasteiger partial charge in [0.25, 0.3) is 0 Å². The van der Waals surface area contributed by atoms with Crippen molar-refractivity contribution in [3.05, 3.63) is 38.7 Å². The maximum Gasteiger partial charge on any atom is 0.419 e. The number of fused-ring (bicyclic) bond motifs is 1. The van der Waals surface area contributed by atoms with Gasteiger partial charge in [-0.25, -0.2) is 9.59 Å². The summed E-state index contributed by atoms with van der Waals surface area (Å²) >= 11 is 0. The van der Waals surface area contributed by atoms with Gasteiger partial charge >= 0.3 is 11.4 Å². The molecule has 1 aromatic carbocycles. The van der Waals surface area contributed by atoms with Crippen molar-refractivity contribution in [1.29, 1.82) is 0 Å². The van der Waals surface area contributed by atoms with Gasteiger partial charge in [-0.1, -0.05) is 6.07 Å². The van der Waals surface area contributed by atoms with Crippen LogP contribution in [0.15, 0.2) is 26.1 Å². The van der Waals surface area contributed by atoms with Gasteiger partial charge in [-0.15, -0.1) is 0 Å². The zero-order chi connectivity index (χ0) is 11.0. The van der Waals surface area contributed by atoms with E-state index in [0.29, 0.717) is 11.3 Å². The maximum atomic E-state index is 11.5. The summed E-state index contributed by atoms with van der Waals surface area (Å²) in [4.78, 5) is 24.9. The quantitative estimate of drug-likeness (QED) is 0.750. The number of rotatable bonds is 1. The van der Waals surface area contributed by atoms with Crippen LogP contribution in [0.25, 0.3) is 10.9 Å². The second kappa shape index (κ2) is 3.27. The van der Waals surface area contributed by atoms with Crippen LogP contribution >= 0.6 is 0 Å². The van der Waals surface area contributed by atoms with Crippen LogP contribution in [-0.2, 0) is 0 Å². The Morgan fingerprint density at radius 3 is 2.73 bits per heavy atom. The summed E-state index contributed by atoms with van der Waals surface area (Å²) in [5.74, 6) is -0.371. The summed E-state index contributed by atoms with van der Waals surface area (Å²) < 4.78 is 9.46. The molecule has 0 atom stereocenters. The Hall–Kier alpha value is -2.04. The number of ether oxygens (including phenoxy) is 1. The highest BCUT2D eigenvalue weighted by atomic mass is 16.5. The van der Waals surface area contributed by atoms with Gasteiger partial charge in [-0.2, -0.15) is 0 Å². The van der Waals surface area contributed by atoms with E-state index in [2.05, 4.69) is 9.40 Å². The molecule has 0 spiro atoms. The summed E-state index contributed by atoms with van der Waals surface area (Å²) in [6.07, 6.45) is 0. The standard InChI is InChI=1S/C10H9NO4/c1-5-3-4-6(14-2)7-8(5)11-10(13)15-9(7)12/h3-4H,1-2H3,(H,11,13). The highest BCUT2D eigenvalue weighted by Gasteiger charge is 2.10. The zero-order valence-corrected chi connectivity index (χ0v) is 8.29. The molecule has 1 N–H and O–H groups in total. The van der Waals surface area contributed by atoms with Crippen molar-refractivity contribution in [3.8, 4) is 5.75 Å². The first-order valence-electron chi connectivity index (χ1n) is 4.34. The number of benzene rings is 1. The second-order valence-electron chi connectivity index (χ2n) is 3.14. The Kier molecular flexibility index (Phi) is 2.07. The minimum Gasteiger partial charge on any atom is -0.496 e. The van der Waals surface area contributed by atoms with Crippen molar-refractivity contribution in [2.75, 3.05) is 7.11 Å². The van der Waals surface area contributed by atoms with E-state index in [0.717, 1.165) is 5.56 Å². The van der Waals surface area contributed by atoms with Crippen LogP contribution in [0.5, 0.6) is 5.75 Å². The highest BCUT2D eigenvalue weighted by molar-refractivity contribution is 5.86. The van der Waals surface area contributed by atoms with Crippen LogP contribution in [-0.4, -0.2) is 12.1 Å². The molecule has 0 radical (unpaired) electrons. The Balaban J connectivity index is 3.07. The molecule has 5 heteroatoms. The molecule has 0 amide bonds. The van der Waals surface area contributed by atoms with Crippen molar-refractivity contribution < 1.29 is 9.15 Å². The Morgan fingerprint density at radius 2 is 2.07 bits per heavy atom. The van der Waals surface area contributed by atoms with Crippen LogP contribution in [0.1, 0.15) is 5.56 Å². The lowest BCUT2D eigenvalue weighted by molar-refractivity contribution is 0.413. The molecule has 0 fully saturated rings. The summed E-state index contributed by atoms with van der Waals surface area (Å²) in [7, 11) is 1.45. The van der Waals surface area contributed by atoms with Gasteiger partial charge in [0.2, 0.25) is 0 Å². The molecule has 1 heterocycles. The molecule has 2 aromatic rings. The van der Waals surface area contributed by atoms with E-state index in [4.69, 9.17) is 4.74 Å². The third kappa shape index (κ3) is 1.41. The molecule has 5 nitrogen and oxygen atoms in total.